The van der Waals surface area contributed by atoms with Gasteiger partial charge in [-0.2, -0.15) is 0 Å². The normalized spacial score (nSPS) is 11.3. The standard InChI is InChI=1S/C24H17FN2O3S/c1-30-17-12-10-16(11-13-17)27-23(28)22-21(18-7-3-5-9-20(18)31-22)26(24(27)29)14-15-6-2-4-8-19(15)25/h2-13H,14H2,1H3. The molecule has 0 radical (unpaired) electrons. The molecule has 0 saturated carbocycles. The summed E-state index contributed by atoms with van der Waals surface area (Å²) in [5.41, 5.74) is 0.424. The first-order chi connectivity index (χ1) is 15.1. The minimum absolute atomic E-state index is 0.0131. The molecule has 0 bridgehead atoms. The minimum atomic E-state index is -0.519. The second-order valence-electron chi connectivity index (χ2n) is 7.07. The lowest BCUT2D eigenvalue weighted by atomic mass is 10.2. The number of nitrogens with zero attached hydrogens (tertiary/aromatic N) is 2. The maximum Gasteiger partial charge on any atom is 0.336 e. The van der Waals surface area contributed by atoms with Crippen molar-refractivity contribution in [2.24, 2.45) is 0 Å². The van der Waals surface area contributed by atoms with Crippen molar-refractivity contribution in [3.05, 3.63) is 105 Å². The van der Waals surface area contributed by atoms with Crippen molar-refractivity contribution in [2.75, 3.05) is 7.11 Å². The van der Waals surface area contributed by atoms with Gasteiger partial charge in [-0.3, -0.25) is 9.36 Å². The van der Waals surface area contributed by atoms with Gasteiger partial charge in [-0.25, -0.2) is 13.8 Å². The van der Waals surface area contributed by atoms with Crippen LogP contribution in [0, 0.1) is 5.82 Å². The van der Waals surface area contributed by atoms with Gasteiger partial charge < -0.3 is 4.74 Å². The van der Waals surface area contributed by atoms with Crippen LogP contribution in [0.5, 0.6) is 5.75 Å². The predicted molar refractivity (Wildman–Crippen MR) is 121 cm³/mol. The van der Waals surface area contributed by atoms with Gasteiger partial charge in [0.05, 0.1) is 24.9 Å². The molecule has 0 amide bonds. The molecule has 5 nitrogen and oxygen atoms in total. The van der Waals surface area contributed by atoms with Crippen LogP contribution in [-0.4, -0.2) is 16.2 Å². The third kappa shape index (κ3) is 3.14. The lowest BCUT2D eigenvalue weighted by Gasteiger charge is -2.13. The Labute approximate surface area is 180 Å². The first kappa shape index (κ1) is 19.3. The molecule has 5 aromatic rings. The molecule has 0 aliphatic heterocycles. The molecule has 0 aliphatic rings. The summed E-state index contributed by atoms with van der Waals surface area (Å²) in [4.78, 5) is 27.0. The Morgan fingerprint density at radius 2 is 1.65 bits per heavy atom. The highest BCUT2D eigenvalue weighted by molar-refractivity contribution is 7.25. The van der Waals surface area contributed by atoms with Crippen LogP contribution in [0.4, 0.5) is 4.39 Å². The van der Waals surface area contributed by atoms with Crippen LogP contribution in [0.25, 0.3) is 26.0 Å². The van der Waals surface area contributed by atoms with Crippen molar-refractivity contribution in [3.8, 4) is 11.4 Å². The molecule has 31 heavy (non-hydrogen) atoms. The van der Waals surface area contributed by atoms with E-state index in [-0.39, 0.29) is 6.54 Å². The molecule has 5 rings (SSSR count). The van der Waals surface area contributed by atoms with Crippen LogP contribution in [0.3, 0.4) is 0 Å². The summed E-state index contributed by atoms with van der Waals surface area (Å²) in [5, 5.41) is 0.801. The van der Waals surface area contributed by atoms with Crippen LogP contribution in [-0.2, 0) is 6.54 Å². The molecule has 2 heterocycles. The SMILES string of the molecule is COc1ccc(-n2c(=O)c3sc4ccccc4c3n(Cc3ccccc3F)c2=O)cc1. The topological polar surface area (TPSA) is 53.2 Å². The van der Waals surface area contributed by atoms with E-state index in [4.69, 9.17) is 4.74 Å². The molecule has 0 N–H and O–H groups in total. The zero-order valence-corrected chi connectivity index (χ0v) is 17.4. The van der Waals surface area contributed by atoms with Crippen LogP contribution in [0.15, 0.2) is 82.4 Å². The number of ether oxygens (including phenoxy) is 1. The number of thiophene rings is 1. The third-order valence-corrected chi connectivity index (χ3v) is 6.42. The number of hydrogen-bond donors (Lipinski definition) is 0. The van der Waals surface area contributed by atoms with Crippen molar-refractivity contribution in [2.45, 2.75) is 6.54 Å². The highest BCUT2D eigenvalue weighted by atomic mass is 32.1. The molecule has 0 saturated heterocycles. The van der Waals surface area contributed by atoms with E-state index in [1.807, 2.05) is 24.3 Å². The van der Waals surface area contributed by atoms with Gasteiger partial charge in [0.15, 0.2) is 0 Å². The van der Waals surface area contributed by atoms with E-state index in [9.17, 15) is 14.0 Å². The van der Waals surface area contributed by atoms with Crippen LogP contribution >= 0.6 is 11.3 Å². The molecule has 0 aliphatic carbocycles. The van der Waals surface area contributed by atoms with Gasteiger partial charge in [0.25, 0.3) is 5.56 Å². The molecular formula is C24H17FN2O3S. The van der Waals surface area contributed by atoms with E-state index in [1.165, 1.54) is 22.0 Å². The maximum atomic E-state index is 14.4. The number of fused-ring (bicyclic) bond motifs is 3. The summed E-state index contributed by atoms with van der Waals surface area (Å²) in [6.45, 7) is 0.0131. The lowest BCUT2D eigenvalue weighted by molar-refractivity contribution is 0.414. The molecule has 154 valence electrons. The Balaban J connectivity index is 1.87. The average Bonchev–Trinajstić information content (AvgIpc) is 3.18. The fraction of sp³-hybridized carbons (Fsp3) is 0.0833. The first-order valence-electron chi connectivity index (χ1n) is 9.63. The van der Waals surface area contributed by atoms with Gasteiger partial charge in [0.1, 0.15) is 16.3 Å². The zero-order chi connectivity index (χ0) is 21.5. The van der Waals surface area contributed by atoms with E-state index in [2.05, 4.69) is 0 Å². The van der Waals surface area contributed by atoms with Crippen LogP contribution < -0.4 is 16.0 Å². The van der Waals surface area contributed by atoms with Crippen molar-refractivity contribution >= 4 is 31.6 Å². The van der Waals surface area contributed by atoms with E-state index in [1.54, 1.807) is 49.6 Å². The monoisotopic (exact) mass is 432 g/mol. The summed E-state index contributed by atoms with van der Waals surface area (Å²) in [5.74, 6) is 0.218. The molecule has 2 aromatic heterocycles. The Morgan fingerprint density at radius 3 is 2.39 bits per heavy atom. The van der Waals surface area contributed by atoms with E-state index in [0.717, 1.165) is 14.7 Å². The summed E-state index contributed by atoms with van der Waals surface area (Å²) in [7, 11) is 1.55. The molecule has 0 fully saturated rings. The van der Waals surface area contributed by atoms with E-state index < -0.39 is 17.1 Å². The van der Waals surface area contributed by atoms with Crippen molar-refractivity contribution in [1.29, 1.82) is 0 Å². The maximum absolute atomic E-state index is 14.4. The minimum Gasteiger partial charge on any atom is -0.497 e. The van der Waals surface area contributed by atoms with E-state index >= 15 is 0 Å². The van der Waals surface area contributed by atoms with Gasteiger partial charge in [-0.1, -0.05) is 36.4 Å². The van der Waals surface area contributed by atoms with Crippen LogP contribution in [0.2, 0.25) is 0 Å². The van der Waals surface area contributed by atoms with Gasteiger partial charge in [0.2, 0.25) is 0 Å². The molecule has 0 spiro atoms. The molecular weight excluding hydrogens is 415 g/mol. The van der Waals surface area contributed by atoms with Crippen molar-refractivity contribution < 1.29 is 9.13 Å². The average molecular weight is 432 g/mol. The Bertz CT molecular complexity index is 1550. The fourth-order valence-electron chi connectivity index (χ4n) is 3.75. The summed E-state index contributed by atoms with van der Waals surface area (Å²) < 4.78 is 23.6. The number of halogens is 1. The zero-order valence-electron chi connectivity index (χ0n) is 16.5. The highest BCUT2D eigenvalue weighted by Crippen LogP contribution is 2.31. The number of benzene rings is 3. The van der Waals surface area contributed by atoms with Gasteiger partial charge in [0, 0.05) is 15.6 Å². The lowest BCUT2D eigenvalue weighted by Crippen LogP contribution is -2.38. The van der Waals surface area contributed by atoms with Gasteiger partial charge in [-0.15, -0.1) is 11.3 Å². The quantitative estimate of drug-likeness (QED) is 0.418. The predicted octanol–water partition coefficient (Wildman–Crippen LogP) is 4.56. The van der Waals surface area contributed by atoms with Crippen LogP contribution in [0.1, 0.15) is 5.56 Å². The summed E-state index contributed by atoms with van der Waals surface area (Å²) in [6.07, 6.45) is 0. The molecule has 7 heteroatoms. The molecule has 0 atom stereocenters. The van der Waals surface area contributed by atoms with Gasteiger partial charge in [-0.05, 0) is 36.4 Å². The summed E-state index contributed by atoms with van der Waals surface area (Å²) in [6, 6.07) is 20.6. The Morgan fingerprint density at radius 1 is 0.935 bits per heavy atom. The van der Waals surface area contributed by atoms with Gasteiger partial charge >= 0.3 is 5.69 Å². The smallest absolute Gasteiger partial charge is 0.336 e. The third-order valence-electron chi connectivity index (χ3n) is 5.28. The number of hydrogen-bond acceptors (Lipinski definition) is 4. The fourth-order valence-corrected chi connectivity index (χ4v) is 4.89. The largest absolute Gasteiger partial charge is 0.497 e. The summed E-state index contributed by atoms with van der Waals surface area (Å²) >= 11 is 1.33. The van der Waals surface area contributed by atoms with Crippen molar-refractivity contribution in [3.63, 3.8) is 0 Å². The molecule has 3 aromatic carbocycles. The second kappa shape index (κ2) is 7.52. The van der Waals surface area contributed by atoms with E-state index in [0.29, 0.717) is 27.2 Å². The Hall–Kier alpha value is -3.71. The molecule has 0 unspecified atom stereocenters. The first-order valence-corrected chi connectivity index (χ1v) is 10.4. The number of methoxy groups -OCH3 is 1. The highest BCUT2D eigenvalue weighted by Gasteiger charge is 2.20. The Kier molecular flexibility index (Phi) is 4.67. The van der Waals surface area contributed by atoms with Crippen molar-refractivity contribution in [1.82, 2.24) is 9.13 Å². The number of rotatable bonds is 4. The number of aromatic nitrogens is 2. The second-order valence-corrected chi connectivity index (χ2v) is 8.13.